The van der Waals surface area contributed by atoms with Gasteiger partial charge in [-0.3, -0.25) is 5.32 Å². The predicted octanol–water partition coefficient (Wildman–Crippen LogP) is 2.04. The van der Waals surface area contributed by atoms with Crippen LogP contribution in [-0.2, 0) is 14.3 Å². The molecule has 0 fully saturated rings. The maximum absolute atomic E-state index is 13.7. The molecule has 100 valence electrons. The molecule has 0 aliphatic carbocycles. The van der Waals surface area contributed by atoms with Crippen LogP contribution in [-0.4, -0.2) is 33.3 Å². The van der Waals surface area contributed by atoms with Crippen LogP contribution in [0.25, 0.3) is 0 Å². The zero-order valence-electron chi connectivity index (χ0n) is 10.2. The van der Waals surface area contributed by atoms with E-state index in [1.54, 1.807) is 19.2 Å². The van der Waals surface area contributed by atoms with Gasteiger partial charge in [-0.25, -0.2) is 9.18 Å². The number of esters is 1. The normalized spacial score (nSPS) is 12.2. The Bertz CT molecular complexity index is 414. The van der Waals surface area contributed by atoms with Gasteiger partial charge < -0.3 is 9.47 Å². The van der Waals surface area contributed by atoms with Gasteiger partial charge >= 0.3 is 5.97 Å². The summed E-state index contributed by atoms with van der Waals surface area (Å²) in [7, 11) is 2.82. The Morgan fingerprint density at radius 3 is 2.83 bits per heavy atom. The van der Waals surface area contributed by atoms with Gasteiger partial charge in [-0.2, -0.15) is 0 Å². The first-order chi connectivity index (χ1) is 8.60. The Morgan fingerprint density at radius 2 is 2.22 bits per heavy atom. The SMILES string of the molecule is COCCNC(C(=O)OC)c1cc(Br)ccc1F. The van der Waals surface area contributed by atoms with Crippen LogP contribution >= 0.6 is 15.9 Å². The molecule has 0 aromatic heterocycles. The first kappa shape index (κ1) is 15.1. The van der Waals surface area contributed by atoms with E-state index in [0.29, 0.717) is 17.6 Å². The fourth-order valence-electron chi connectivity index (χ4n) is 1.48. The third kappa shape index (κ3) is 4.04. The standard InChI is InChI=1S/C12H15BrFNO3/c1-17-6-5-15-11(12(16)18-2)9-7-8(13)3-4-10(9)14/h3-4,7,11,15H,5-6H2,1-2H3. The molecule has 1 aromatic carbocycles. The minimum absolute atomic E-state index is 0.243. The zero-order valence-corrected chi connectivity index (χ0v) is 11.8. The number of halogens is 2. The van der Waals surface area contributed by atoms with Gasteiger partial charge in [0.1, 0.15) is 11.9 Å². The highest BCUT2D eigenvalue weighted by atomic mass is 79.9. The van der Waals surface area contributed by atoms with Crippen LogP contribution in [0.2, 0.25) is 0 Å². The average Bonchev–Trinajstić information content (AvgIpc) is 2.37. The number of hydrogen-bond acceptors (Lipinski definition) is 4. The smallest absolute Gasteiger partial charge is 0.327 e. The molecule has 0 amide bonds. The van der Waals surface area contributed by atoms with Gasteiger partial charge in [-0.05, 0) is 18.2 Å². The highest BCUT2D eigenvalue weighted by Gasteiger charge is 2.24. The van der Waals surface area contributed by atoms with Crippen molar-refractivity contribution in [2.24, 2.45) is 0 Å². The van der Waals surface area contributed by atoms with Gasteiger partial charge in [0.2, 0.25) is 0 Å². The number of methoxy groups -OCH3 is 2. The van der Waals surface area contributed by atoms with E-state index >= 15 is 0 Å². The number of rotatable bonds is 6. The number of nitrogens with one attached hydrogen (secondary N) is 1. The molecule has 0 heterocycles. The van der Waals surface area contributed by atoms with E-state index in [4.69, 9.17) is 4.74 Å². The molecule has 4 nitrogen and oxygen atoms in total. The van der Waals surface area contributed by atoms with E-state index in [1.807, 2.05) is 0 Å². The summed E-state index contributed by atoms with van der Waals surface area (Å²) >= 11 is 3.25. The van der Waals surface area contributed by atoms with Crippen molar-refractivity contribution in [3.8, 4) is 0 Å². The molecular weight excluding hydrogens is 305 g/mol. The third-order valence-corrected chi connectivity index (χ3v) is 2.85. The van der Waals surface area contributed by atoms with Gasteiger partial charge in [-0.1, -0.05) is 15.9 Å². The van der Waals surface area contributed by atoms with Crippen molar-refractivity contribution in [2.75, 3.05) is 27.4 Å². The second kappa shape index (κ2) is 7.45. The van der Waals surface area contributed by atoms with Gasteiger partial charge in [0, 0.05) is 23.7 Å². The molecule has 0 aliphatic rings. The van der Waals surface area contributed by atoms with Crippen molar-refractivity contribution in [2.45, 2.75) is 6.04 Å². The van der Waals surface area contributed by atoms with E-state index in [9.17, 15) is 9.18 Å². The van der Waals surface area contributed by atoms with Crippen molar-refractivity contribution in [3.63, 3.8) is 0 Å². The number of ether oxygens (including phenoxy) is 2. The molecular formula is C12H15BrFNO3. The Hall–Kier alpha value is -0.980. The molecule has 0 aliphatic heterocycles. The van der Waals surface area contributed by atoms with Crippen LogP contribution in [0.3, 0.4) is 0 Å². The largest absolute Gasteiger partial charge is 0.468 e. The fraction of sp³-hybridized carbons (Fsp3) is 0.417. The Kier molecular flexibility index (Phi) is 6.24. The highest BCUT2D eigenvalue weighted by molar-refractivity contribution is 9.10. The van der Waals surface area contributed by atoms with E-state index in [2.05, 4.69) is 26.0 Å². The van der Waals surface area contributed by atoms with Gasteiger partial charge in [0.25, 0.3) is 0 Å². The third-order valence-electron chi connectivity index (χ3n) is 2.36. The van der Waals surface area contributed by atoms with Crippen molar-refractivity contribution < 1.29 is 18.7 Å². The zero-order chi connectivity index (χ0) is 13.5. The summed E-state index contributed by atoms with van der Waals surface area (Å²) in [5, 5.41) is 2.90. The molecule has 0 spiro atoms. The lowest BCUT2D eigenvalue weighted by atomic mass is 10.1. The number of benzene rings is 1. The minimum atomic E-state index is -0.845. The molecule has 6 heteroatoms. The minimum Gasteiger partial charge on any atom is -0.468 e. The molecule has 0 bridgehead atoms. The summed E-state index contributed by atoms with van der Waals surface area (Å²) in [6.45, 7) is 0.839. The fourth-order valence-corrected chi connectivity index (χ4v) is 1.86. The highest BCUT2D eigenvalue weighted by Crippen LogP contribution is 2.22. The van der Waals surface area contributed by atoms with Gasteiger partial charge in [0.05, 0.1) is 13.7 Å². The van der Waals surface area contributed by atoms with E-state index in [0.717, 1.165) is 0 Å². The van der Waals surface area contributed by atoms with Crippen LogP contribution in [0, 0.1) is 5.82 Å². The molecule has 18 heavy (non-hydrogen) atoms. The lowest BCUT2D eigenvalue weighted by Gasteiger charge is -2.17. The summed E-state index contributed by atoms with van der Waals surface area (Å²) in [4.78, 5) is 11.7. The van der Waals surface area contributed by atoms with E-state index in [1.165, 1.54) is 13.2 Å². The molecule has 1 atom stereocenters. The molecule has 0 saturated heterocycles. The molecule has 1 unspecified atom stereocenters. The quantitative estimate of drug-likeness (QED) is 0.644. The molecule has 0 saturated carbocycles. The summed E-state index contributed by atoms with van der Waals surface area (Å²) < 4.78 is 24.0. The summed E-state index contributed by atoms with van der Waals surface area (Å²) in [5.41, 5.74) is 0.243. The topological polar surface area (TPSA) is 47.6 Å². The second-order valence-electron chi connectivity index (χ2n) is 3.57. The summed E-state index contributed by atoms with van der Waals surface area (Å²) in [6.07, 6.45) is 0. The van der Waals surface area contributed by atoms with Crippen LogP contribution in [0.15, 0.2) is 22.7 Å². The average molecular weight is 320 g/mol. The maximum Gasteiger partial charge on any atom is 0.327 e. The summed E-state index contributed by atoms with van der Waals surface area (Å²) in [5.74, 6) is -0.999. The number of carbonyl (C=O) groups excluding carboxylic acids is 1. The van der Waals surface area contributed by atoms with Gasteiger partial charge in [0.15, 0.2) is 0 Å². The second-order valence-corrected chi connectivity index (χ2v) is 4.48. The number of carbonyl (C=O) groups is 1. The van der Waals surface area contributed by atoms with Crippen LogP contribution in [0.5, 0.6) is 0 Å². The molecule has 1 rings (SSSR count). The molecule has 1 N–H and O–H groups in total. The van der Waals surface area contributed by atoms with Crippen molar-refractivity contribution in [1.29, 1.82) is 0 Å². The lowest BCUT2D eigenvalue weighted by Crippen LogP contribution is -2.32. The van der Waals surface area contributed by atoms with Crippen LogP contribution in [0.4, 0.5) is 4.39 Å². The van der Waals surface area contributed by atoms with E-state index < -0.39 is 17.8 Å². The monoisotopic (exact) mass is 319 g/mol. The van der Waals surface area contributed by atoms with E-state index in [-0.39, 0.29) is 5.56 Å². The Balaban J connectivity index is 2.93. The van der Waals surface area contributed by atoms with Gasteiger partial charge in [-0.15, -0.1) is 0 Å². The van der Waals surface area contributed by atoms with Crippen LogP contribution in [0.1, 0.15) is 11.6 Å². The number of hydrogen-bond donors (Lipinski definition) is 1. The maximum atomic E-state index is 13.7. The Morgan fingerprint density at radius 1 is 1.50 bits per heavy atom. The first-order valence-electron chi connectivity index (χ1n) is 5.35. The van der Waals surface area contributed by atoms with Crippen molar-refractivity contribution in [3.05, 3.63) is 34.1 Å². The summed E-state index contributed by atoms with van der Waals surface area (Å²) in [6, 6.07) is 3.58. The van der Waals surface area contributed by atoms with Crippen molar-refractivity contribution >= 4 is 21.9 Å². The molecule has 0 radical (unpaired) electrons. The van der Waals surface area contributed by atoms with Crippen LogP contribution < -0.4 is 5.32 Å². The first-order valence-corrected chi connectivity index (χ1v) is 6.14. The predicted molar refractivity (Wildman–Crippen MR) is 68.7 cm³/mol. The lowest BCUT2D eigenvalue weighted by molar-refractivity contribution is -0.143. The Labute approximate surface area is 114 Å². The molecule has 1 aromatic rings. The van der Waals surface area contributed by atoms with Crippen molar-refractivity contribution in [1.82, 2.24) is 5.32 Å².